The minimum Gasteiger partial charge on any atom is -0.424 e. The average molecular weight is 275 g/mol. The second-order valence-corrected chi connectivity index (χ2v) is 4.79. The molecular formula is C15H21N3O2. The molecule has 0 aliphatic rings. The largest absolute Gasteiger partial charge is 0.424 e. The highest BCUT2D eigenvalue weighted by molar-refractivity contribution is 5.27. The molecule has 0 aliphatic heterocycles. The van der Waals surface area contributed by atoms with E-state index in [4.69, 9.17) is 9.52 Å². The minimum atomic E-state index is 0.137. The molecule has 2 aromatic rings. The summed E-state index contributed by atoms with van der Waals surface area (Å²) in [5.74, 6) is 1.23. The lowest BCUT2D eigenvalue weighted by atomic mass is 10.1. The van der Waals surface area contributed by atoms with E-state index in [1.54, 1.807) is 0 Å². The molecule has 0 fully saturated rings. The molecule has 0 spiro atoms. The number of aliphatic hydroxyl groups excluding tert-OH is 1. The van der Waals surface area contributed by atoms with Crippen LogP contribution in [-0.4, -0.2) is 39.9 Å². The minimum absolute atomic E-state index is 0.137. The van der Waals surface area contributed by atoms with Gasteiger partial charge in [0.1, 0.15) is 0 Å². The van der Waals surface area contributed by atoms with Crippen molar-refractivity contribution < 1.29 is 9.52 Å². The van der Waals surface area contributed by atoms with Gasteiger partial charge in [0.15, 0.2) is 0 Å². The number of rotatable bonds is 7. The fourth-order valence-electron chi connectivity index (χ4n) is 2.08. The SMILES string of the molecule is CCN(CCO)Cc1nnc(Cc2ccccc2C)o1. The lowest BCUT2D eigenvalue weighted by molar-refractivity contribution is 0.184. The third-order valence-corrected chi connectivity index (χ3v) is 3.33. The van der Waals surface area contributed by atoms with Crippen molar-refractivity contribution in [3.8, 4) is 0 Å². The molecular weight excluding hydrogens is 254 g/mol. The second-order valence-electron chi connectivity index (χ2n) is 4.79. The van der Waals surface area contributed by atoms with E-state index in [2.05, 4.69) is 34.2 Å². The van der Waals surface area contributed by atoms with Crippen LogP contribution in [0.15, 0.2) is 28.7 Å². The zero-order valence-corrected chi connectivity index (χ0v) is 12.0. The number of nitrogens with zero attached hydrogens (tertiary/aromatic N) is 3. The maximum absolute atomic E-state index is 8.97. The van der Waals surface area contributed by atoms with Crippen molar-refractivity contribution in [1.29, 1.82) is 0 Å². The third-order valence-electron chi connectivity index (χ3n) is 3.33. The van der Waals surface area contributed by atoms with Crippen LogP contribution in [0.3, 0.4) is 0 Å². The third kappa shape index (κ3) is 3.88. The number of benzene rings is 1. The van der Waals surface area contributed by atoms with Gasteiger partial charge in [-0.05, 0) is 24.6 Å². The topological polar surface area (TPSA) is 62.4 Å². The first-order valence-electron chi connectivity index (χ1n) is 6.92. The Hall–Kier alpha value is -1.72. The molecule has 1 N–H and O–H groups in total. The fourth-order valence-corrected chi connectivity index (χ4v) is 2.08. The van der Waals surface area contributed by atoms with Gasteiger partial charge in [-0.1, -0.05) is 31.2 Å². The van der Waals surface area contributed by atoms with E-state index in [1.807, 2.05) is 19.1 Å². The van der Waals surface area contributed by atoms with E-state index in [0.29, 0.717) is 31.3 Å². The van der Waals surface area contributed by atoms with Gasteiger partial charge in [-0.15, -0.1) is 10.2 Å². The molecule has 2 rings (SSSR count). The van der Waals surface area contributed by atoms with Crippen molar-refractivity contribution in [2.75, 3.05) is 19.7 Å². The van der Waals surface area contributed by atoms with Crippen molar-refractivity contribution in [2.45, 2.75) is 26.8 Å². The fraction of sp³-hybridized carbons (Fsp3) is 0.467. The molecule has 0 saturated carbocycles. The van der Waals surface area contributed by atoms with Crippen molar-refractivity contribution in [2.24, 2.45) is 0 Å². The first kappa shape index (κ1) is 14.7. The Labute approximate surface area is 119 Å². The molecule has 108 valence electrons. The molecule has 5 heteroatoms. The lowest BCUT2D eigenvalue weighted by Crippen LogP contribution is -2.26. The molecule has 1 heterocycles. The molecule has 0 aliphatic carbocycles. The Kier molecular flexibility index (Phi) is 5.26. The van der Waals surface area contributed by atoms with Gasteiger partial charge in [0, 0.05) is 6.54 Å². The number of hydrogen-bond acceptors (Lipinski definition) is 5. The normalized spacial score (nSPS) is 11.2. The smallest absolute Gasteiger partial charge is 0.230 e. The summed E-state index contributed by atoms with van der Waals surface area (Å²) in [5.41, 5.74) is 2.42. The van der Waals surface area contributed by atoms with E-state index >= 15 is 0 Å². The van der Waals surface area contributed by atoms with Crippen LogP contribution in [0.4, 0.5) is 0 Å². The van der Waals surface area contributed by atoms with Crippen molar-refractivity contribution in [3.05, 3.63) is 47.2 Å². The monoisotopic (exact) mass is 275 g/mol. The Morgan fingerprint density at radius 2 is 1.95 bits per heavy atom. The summed E-state index contributed by atoms with van der Waals surface area (Å²) in [6.45, 7) is 6.30. The van der Waals surface area contributed by atoms with Gasteiger partial charge >= 0.3 is 0 Å². The summed E-state index contributed by atoms with van der Waals surface area (Å²) < 4.78 is 5.68. The van der Waals surface area contributed by atoms with Crippen LogP contribution < -0.4 is 0 Å². The van der Waals surface area contributed by atoms with Crippen LogP contribution in [0.5, 0.6) is 0 Å². The van der Waals surface area contributed by atoms with E-state index in [0.717, 1.165) is 6.54 Å². The highest BCUT2D eigenvalue weighted by atomic mass is 16.4. The average Bonchev–Trinajstić information content (AvgIpc) is 2.88. The lowest BCUT2D eigenvalue weighted by Gasteiger charge is -2.15. The summed E-state index contributed by atoms with van der Waals surface area (Å²) in [4.78, 5) is 2.06. The molecule has 0 saturated heterocycles. The van der Waals surface area contributed by atoms with E-state index in [9.17, 15) is 0 Å². The highest BCUT2D eigenvalue weighted by Gasteiger charge is 2.11. The summed E-state index contributed by atoms with van der Waals surface area (Å²) in [7, 11) is 0. The van der Waals surface area contributed by atoms with Gasteiger partial charge in [0.2, 0.25) is 11.8 Å². The Bertz CT molecular complexity index is 539. The van der Waals surface area contributed by atoms with Gasteiger partial charge < -0.3 is 9.52 Å². The quantitative estimate of drug-likeness (QED) is 0.834. The number of hydrogen-bond donors (Lipinski definition) is 1. The van der Waals surface area contributed by atoms with E-state index < -0.39 is 0 Å². The molecule has 0 radical (unpaired) electrons. The first-order chi connectivity index (χ1) is 9.72. The van der Waals surface area contributed by atoms with Gasteiger partial charge in [0.25, 0.3) is 0 Å². The first-order valence-corrected chi connectivity index (χ1v) is 6.92. The van der Waals surface area contributed by atoms with E-state index in [-0.39, 0.29) is 6.61 Å². The standard InChI is InChI=1S/C15H21N3O2/c1-3-18(8-9-19)11-15-17-16-14(20-15)10-13-7-5-4-6-12(13)2/h4-7,19H,3,8-11H2,1-2H3. The Morgan fingerprint density at radius 3 is 2.65 bits per heavy atom. The molecule has 0 unspecified atom stereocenters. The molecule has 0 atom stereocenters. The van der Waals surface area contributed by atoms with Crippen LogP contribution in [0.1, 0.15) is 29.8 Å². The van der Waals surface area contributed by atoms with E-state index in [1.165, 1.54) is 11.1 Å². The van der Waals surface area contributed by atoms with Gasteiger partial charge in [-0.25, -0.2) is 0 Å². The summed E-state index contributed by atoms with van der Waals surface area (Å²) >= 11 is 0. The maximum atomic E-state index is 8.97. The summed E-state index contributed by atoms with van der Waals surface area (Å²) in [6, 6.07) is 8.18. The Balaban J connectivity index is 2.00. The van der Waals surface area contributed by atoms with Crippen LogP contribution in [0, 0.1) is 6.92 Å². The second kappa shape index (κ2) is 7.17. The predicted octanol–water partition coefficient (Wildman–Crippen LogP) is 1.78. The molecule has 1 aromatic carbocycles. The number of likely N-dealkylation sites (N-methyl/N-ethyl adjacent to an activating group) is 1. The summed E-state index contributed by atoms with van der Waals surface area (Å²) in [5, 5.41) is 17.1. The van der Waals surface area contributed by atoms with Crippen LogP contribution >= 0.6 is 0 Å². The number of aromatic nitrogens is 2. The van der Waals surface area contributed by atoms with Crippen LogP contribution in [0.2, 0.25) is 0 Å². The van der Waals surface area contributed by atoms with Crippen molar-refractivity contribution >= 4 is 0 Å². The maximum Gasteiger partial charge on any atom is 0.230 e. The zero-order valence-electron chi connectivity index (χ0n) is 12.0. The van der Waals surface area contributed by atoms with Crippen LogP contribution in [0.25, 0.3) is 0 Å². The van der Waals surface area contributed by atoms with Gasteiger partial charge in [0.05, 0.1) is 19.6 Å². The number of aryl methyl sites for hydroxylation is 1. The van der Waals surface area contributed by atoms with Crippen LogP contribution in [-0.2, 0) is 13.0 Å². The molecule has 1 aromatic heterocycles. The summed E-state index contributed by atoms with van der Waals surface area (Å²) in [6.07, 6.45) is 0.659. The van der Waals surface area contributed by atoms with Crippen molar-refractivity contribution in [3.63, 3.8) is 0 Å². The van der Waals surface area contributed by atoms with Gasteiger partial charge in [-0.2, -0.15) is 0 Å². The molecule has 0 bridgehead atoms. The highest BCUT2D eigenvalue weighted by Crippen LogP contribution is 2.13. The Morgan fingerprint density at radius 1 is 1.20 bits per heavy atom. The molecule has 5 nitrogen and oxygen atoms in total. The zero-order chi connectivity index (χ0) is 14.4. The van der Waals surface area contributed by atoms with Gasteiger partial charge in [-0.3, -0.25) is 4.90 Å². The molecule has 20 heavy (non-hydrogen) atoms. The predicted molar refractivity (Wildman–Crippen MR) is 76.3 cm³/mol. The van der Waals surface area contributed by atoms with Crippen molar-refractivity contribution in [1.82, 2.24) is 15.1 Å². The number of aliphatic hydroxyl groups is 1. The molecule has 0 amide bonds.